The van der Waals surface area contributed by atoms with E-state index in [4.69, 9.17) is 14.4 Å². The lowest BCUT2D eigenvalue weighted by Gasteiger charge is -2.14. The first-order chi connectivity index (χ1) is 27.3. The van der Waals surface area contributed by atoms with Crippen molar-refractivity contribution in [3.8, 4) is 17.2 Å². The molecule has 4 aromatic heterocycles. The van der Waals surface area contributed by atoms with Crippen LogP contribution in [0, 0.1) is 0 Å². The summed E-state index contributed by atoms with van der Waals surface area (Å²) in [6.07, 6.45) is 0. The van der Waals surface area contributed by atoms with Gasteiger partial charge < -0.3 is 4.42 Å². The fourth-order valence-electron chi connectivity index (χ4n) is 9.30. The molecule has 9 aromatic carbocycles. The average molecular weight is 718 g/mol. The van der Waals surface area contributed by atoms with Crippen LogP contribution in [0.4, 0.5) is 0 Å². The molecule has 0 saturated carbocycles. The maximum Gasteiger partial charge on any atom is 0.235 e. The zero-order chi connectivity index (χ0) is 35.8. The smallest absolute Gasteiger partial charge is 0.235 e. The Labute approximate surface area is 317 Å². The Hall–Kier alpha value is -7.08. The summed E-state index contributed by atoms with van der Waals surface area (Å²) < 4.78 is 11.4. The second kappa shape index (κ2) is 10.8. The van der Waals surface area contributed by atoms with Crippen LogP contribution < -0.4 is 0 Å². The number of para-hydroxylation sites is 2. The minimum Gasteiger partial charge on any atom is -0.456 e. The van der Waals surface area contributed by atoms with Crippen LogP contribution in [0.3, 0.4) is 0 Å². The Morgan fingerprint density at radius 1 is 0.455 bits per heavy atom. The Balaban J connectivity index is 1.24. The molecule has 0 aliphatic carbocycles. The molecule has 0 aliphatic heterocycles. The van der Waals surface area contributed by atoms with Gasteiger partial charge in [-0.05, 0) is 62.6 Å². The summed E-state index contributed by atoms with van der Waals surface area (Å²) in [5.41, 5.74) is 6.74. The van der Waals surface area contributed by atoms with Crippen LogP contribution in [0.15, 0.2) is 168 Å². The van der Waals surface area contributed by atoms with Crippen molar-refractivity contribution in [2.45, 2.75) is 0 Å². The molecular weight excluding hydrogens is 691 g/mol. The first-order valence-corrected chi connectivity index (χ1v) is 19.4. The van der Waals surface area contributed by atoms with Crippen LogP contribution in [-0.4, -0.2) is 14.5 Å². The Morgan fingerprint density at radius 3 is 1.93 bits per heavy atom. The molecule has 0 spiro atoms. The third kappa shape index (κ3) is 3.89. The van der Waals surface area contributed by atoms with Crippen LogP contribution in [0.5, 0.6) is 0 Å². The summed E-state index contributed by atoms with van der Waals surface area (Å²) in [7, 11) is 0. The van der Waals surface area contributed by atoms with Gasteiger partial charge in [-0.25, -0.2) is 9.97 Å². The quantitative estimate of drug-likeness (QED) is 0.179. The summed E-state index contributed by atoms with van der Waals surface area (Å²) in [4.78, 5) is 11.1. The summed E-state index contributed by atoms with van der Waals surface area (Å²) >= 11 is 1.86. The predicted octanol–water partition coefficient (Wildman–Crippen LogP) is 14.1. The first-order valence-electron chi connectivity index (χ1n) is 18.6. The molecule has 0 bridgehead atoms. The molecule has 0 radical (unpaired) electrons. The topological polar surface area (TPSA) is 43.9 Å². The van der Waals surface area contributed by atoms with Gasteiger partial charge in [0.25, 0.3) is 0 Å². The van der Waals surface area contributed by atoms with Crippen LogP contribution in [0.1, 0.15) is 0 Å². The molecule has 0 atom stereocenters. The van der Waals surface area contributed by atoms with E-state index in [-0.39, 0.29) is 0 Å². The van der Waals surface area contributed by atoms with Gasteiger partial charge in [-0.3, -0.25) is 4.57 Å². The van der Waals surface area contributed by atoms with Crippen LogP contribution in [-0.2, 0) is 0 Å². The van der Waals surface area contributed by atoms with E-state index in [0.29, 0.717) is 5.95 Å². The van der Waals surface area contributed by atoms with E-state index in [2.05, 4.69) is 156 Å². The average Bonchev–Trinajstić information content (AvgIpc) is 3.93. The van der Waals surface area contributed by atoms with Gasteiger partial charge in [-0.1, -0.05) is 133 Å². The highest BCUT2D eigenvalue weighted by atomic mass is 32.1. The van der Waals surface area contributed by atoms with Crippen LogP contribution >= 0.6 is 11.3 Å². The second-order valence-corrected chi connectivity index (χ2v) is 15.5. The summed E-state index contributed by atoms with van der Waals surface area (Å²) in [5, 5.41) is 15.4. The third-order valence-electron chi connectivity index (χ3n) is 11.6. The number of benzene rings is 9. The molecule has 254 valence electrons. The molecule has 0 fully saturated rings. The molecule has 0 amide bonds. The molecule has 13 aromatic rings. The number of hydrogen-bond donors (Lipinski definition) is 0. The summed E-state index contributed by atoms with van der Waals surface area (Å²) in [6, 6.07) is 58.5. The number of nitrogens with zero attached hydrogens (tertiary/aromatic N) is 3. The van der Waals surface area contributed by atoms with Crippen molar-refractivity contribution in [1.29, 1.82) is 0 Å². The monoisotopic (exact) mass is 717 g/mol. The van der Waals surface area contributed by atoms with E-state index in [1.807, 2.05) is 23.5 Å². The van der Waals surface area contributed by atoms with E-state index in [1.165, 1.54) is 52.5 Å². The highest BCUT2D eigenvalue weighted by molar-refractivity contribution is 7.27. The molecule has 0 saturated heterocycles. The standard InChI is InChI=1S/C50H27N3OS/c1-2-14-29-28(13-1)25-26-39-45(29)46-33-18-6-5-17-32(33)44-36-21-9-12-24-42(36)55-49(44)48(46)53(39)50-51-38-22-10-7-19-34(38)47(52-50)37-27-41-43(31-16-4-3-15-30(31)37)35-20-8-11-23-40(35)54-41/h1-27H. The van der Waals surface area contributed by atoms with Crippen molar-refractivity contribution in [2.24, 2.45) is 0 Å². The fraction of sp³-hybridized carbons (Fsp3) is 0. The maximum absolute atomic E-state index is 6.56. The lowest BCUT2D eigenvalue weighted by Crippen LogP contribution is -2.04. The van der Waals surface area contributed by atoms with E-state index < -0.39 is 0 Å². The Bertz CT molecular complexity index is 3790. The van der Waals surface area contributed by atoms with Crippen LogP contribution in [0.2, 0.25) is 0 Å². The van der Waals surface area contributed by atoms with E-state index in [1.54, 1.807) is 0 Å². The molecular formula is C50H27N3OS. The molecule has 0 N–H and O–H groups in total. The first kappa shape index (κ1) is 29.4. The Morgan fingerprint density at radius 2 is 1.09 bits per heavy atom. The maximum atomic E-state index is 6.56. The number of fused-ring (bicyclic) bond motifs is 18. The highest BCUT2D eigenvalue weighted by Gasteiger charge is 2.25. The third-order valence-corrected chi connectivity index (χ3v) is 12.7. The molecule has 55 heavy (non-hydrogen) atoms. The highest BCUT2D eigenvalue weighted by Crippen LogP contribution is 2.49. The van der Waals surface area contributed by atoms with Crippen molar-refractivity contribution < 1.29 is 4.42 Å². The van der Waals surface area contributed by atoms with Crippen molar-refractivity contribution in [3.05, 3.63) is 164 Å². The Kier molecular flexibility index (Phi) is 5.74. The number of thiophene rings is 1. The van der Waals surface area contributed by atoms with Crippen molar-refractivity contribution in [3.63, 3.8) is 0 Å². The molecule has 4 heterocycles. The van der Waals surface area contributed by atoms with Crippen LogP contribution in [0.25, 0.3) is 124 Å². The number of rotatable bonds is 2. The molecule has 0 aliphatic rings. The van der Waals surface area contributed by atoms with Gasteiger partial charge in [0.2, 0.25) is 5.95 Å². The lowest BCUT2D eigenvalue weighted by molar-refractivity contribution is 0.669. The molecule has 0 unspecified atom stereocenters. The molecule has 13 rings (SSSR count). The second-order valence-electron chi connectivity index (χ2n) is 14.4. The zero-order valence-corrected chi connectivity index (χ0v) is 30.1. The number of furan rings is 1. The van der Waals surface area contributed by atoms with Gasteiger partial charge in [0.1, 0.15) is 11.2 Å². The zero-order valence-electron chi connectivity index (χ0n) is 29.2. The number of hydrogen-bond acceptors (Lipinski definition) is 4. The van der Waals surface area contributed by atoms with Crippen molar-refractivity contribution in [2.75, 3.05) is 0 Å². The van der Waals surface area contributed by atoms with Gasteiger partial charge in [0.15, 0.2) is 0 Å². The largest absolute Gasteiger partial charge is 0.456 e. The van der Waals surface area contributed by atoms with Gasteiger partial charge in [-0.15, -0.1) is 11.3 Å². The SMILES string of the molecule is c1ccc2c(c1)ccc1c2c2c3ccccc3c3c4ccccc4sc3c2n1-c1nc(-c2cc3oc4ccccc4c3c3ccccc23)c2ccccc2n1. The predicted molar refractivity (Wildman–Crippen MR) is 232 cm³/mol. The van der Waals surface area contributed by atoms with E-state index in [0.717, 1.165) is 65.9 Å². The lowest BCUT2D eigenvalue weighted by atomic mass is 9.96. The van der Waals surface area contributed by atoms with Crippen molar-refractivity contribution in [1.82, 2.24) is 14.5 Å². The minimum atomic E-state index is 0.645. The number of aromatic nitrogens is 3. The summed E-state index contributed by atoms with van der Waals surface area (Å²) in [5.74, 6) is 0.645. The van der Waals surface area contributed by atoms with Gasteiger partial charge in [-0.2, -0.15) is 0 Å². The summed E-state index contributed by atoms with van der Waals surface area (Å²) in [6.45, 7) is 0. The van der Waals surface area contributed by atoms with Gasteiger partial charge in [0, 0.05) is 48.0 Å². The molecule has 5 heteroatoms. The van der Waals surface area contributed by atoms with E-state index >= 15 is 0 Å². The van der Waals surface area contributed by atoms with E-state index in [9.17, 15) is 0 Å². The normalized spacial score (nSPS) is 12.4. The van der Waals surface area contributed by atoms with Gasteiger partial charge in [0.05, 0.1) is 26.9 Å². The van der Waals surface area contributed by atoms with Crippen molar-refractivity contribution >= 4 is 118 Å². The molecule has 4 nitrogen and oxygen atoms in total. The fourth-order valence-corrected chi connectivity index (χ4v) is 10.6. The van der Waals surface area contributed by atoms with Gasteiger partial charge >= 0.3 is 0 Å². The minimum absolute atomic E-state index is 0.645.